The Kier molecular flexibility index (Phi) is 6.41. The first kappa shape index (κ1) is 18.2. The van der Waals surface area contributed by atoms with Gasteiger partial charge in [-0.05, 0) is 11.6 Å². The number of hydrogen-bond acceptors (Lipinski definition) is 4. The van der Waals surface area contributed by atoms with Gasteiger partial charge in [0.2, 0.25) is 15.9 Å². The maximum absolute atomic E-state index is 11.9. The summed E-state index contributed by atoms with van der Waals surface area (Å²) in [6, 6.07) is 7.41. The number of hydrogen-bond donors (Lipinski definition) is 1. The molecule has 1 aromatic rings. The highest BCUT2D eigenvalue weighted by Gasteiger charge is 2.23. The third-order valence-corrected chi connectivity index (χ3v) is 5.56. The van der Waals surface area contributed by atoms with E-state index >= 15 is 0 Å². The van der Waals surface area contributed by atoms with Crippen molar-refractivity contribution in [3.8, 4) is 0 Å². The molecule has 6 nitrogen and oxygen atoms in total. The van der Waals surface area contributed by atoms with Crippen LogP contribution in [0.4, 0.5) is 0 Å². The van der Waals surface area contributed by atoms with Crippen LogP contribution in [0.3, 0.4) is 0 Å². The molecule has 0 aromatic heterocycles. The summed E-state index contributed by atoms with van der Waals surface area (Å²) in [5.74, 6) is -0.0320. The van der Waals surface area contributed by atoms with Gasteiger partial charge in [0.25, 0.3) is 0 Å². The minimum atomic E-state index is -3.11. The van der Waals surface area contributed by atoms with Gasteiger partial charge in [0.05, 0.1) is 6.26 Å². The highest BCUT2D eigenvalue weighted by molar-refractivity contribution is 7.88. The SMILES string of the molecule is CS(=O)(=O)N1CCN(CCC(=O)NCc2ccccc2Cl)CC1. The molecule has 1 aliphatic heterocycles. The van der Waals surface area contributed by atoms with Crippen LogP contribution in [0.25, 0.3) is 0 Å². The molecule has 0 unspecified atom stereocenters. The Balaban J connectivity index is 1.69. The van der Waals surface area contributed by atoms with Crippen LogP contribution in [-0.2, 0) is 21.4 Å². The summed E-state index contributed by atoms with van der Waals surface area (Å²) in [4.78, 5) is 14.0. The van der Waals surface area contributed by atoms with E-state index in [1.807, 2.05) is 18.2 Å². The number of carbonyl (C=O) groups is 1. The fourth-order valence-electron chi connectivity index (χ4n) is 2.47. The first-order valence-electron chi connectivity index (χ1n) is 7.54. The number of sulfonamides is 1. The van der Waals surface area contributed by atoms with Crippen molar-refractivity contribution in [2.24, 2.45) is 0 Å². The minimum Gasteiger partial charge on any atom is -0.352 e. The lowest BCUT2D eigenvalue weighted by Gasteiger charge is -2.33. The van der Waals surface area contributed by atoms with Crippen molar-refractivity contribution in [2.45, 2.75) is 13.0 Å². The van der Waals surface area contributed by atoms with Gasteiger partial charge in [-0.1, -0.05) is 29.8 Å². The number of halogens is 1. The Hall–Kier alpha value is -1.15. The molecule has 1 fully saturated rings. The lowest BCUT2D eigenvalue weighted by molar-refractivity contribution is -0.121. The monoisotopic (exact) mass is 359 g/mol. The zero-order valence-electron chi connectivity index (χ0n) is 13.2. The average Bonchev–Trinajstić information content (AvgIpc) is 2.51. The summed E-state index contributed by atoms with van der Waals surface area (Å²) in [5.41, 5.74) is 0.893. The van der Waals surface area contributed by atoms with E-state index in [0.717, 1.165) is 5.56 Å². The van der Waals surface area contributed by atoms with E-state index in [1.54, 1.807) is 6.07 Å². The van der Waals surface area contributed by atoms with E-state index in [2.05, 4.69) is 10.2 Å². The summed E-state index contributed by atoms with van der Waals surface area (Å²) < 4.78 is 24.4. The molecular formula is C15H22ClN3O3S. The highest BCUT2D eigenvalue weighted by atomic mass is 35.5. The van der Waals surface area contributed by atoms with E-state index in [0.29, 0.717) is 50.7 Å². The minimum absolute atomic E-state index is 0.0320. The van der Waals surface area contributed by atoms with Crippen LogP contribution in [0.2, 0.25) is 5.02 Å². The van der Waals surface area contributed by atoms with E-state index in [4.69, 9.17) is 11.6 Å². The zero-order valence-corrected chi connectivity index (χ0v) is 14.7. The Labute approximate surface area is 142 Å². The molecule has 1 heterocycles. The predicted octanol–water partition coefficient (Wildman–Crippen LogP) is 0.924. The molecule has 1 aliphatic rings. The van der Waals surface area contributed by atoms with Gasteiger partial charge in [0.15, 0.2) is 0 Å². The molecule has 0 bridgehead atoms. The molecule has 8 heteroatoms. The van der Waals surface area contributed by atoms with Crippen molar-refractivity contribution in [1.82, 2.24) is 14.5 Å². The number of amides is 1. The van der Waals surface area contributed by atoms with Crippen molar-refractivity contribution >= 4 is 27.5 Å². The normalized spacial score (nSPS) is 17.1. The average molecular weight is 360 g/mol. The molecule has 2 rings (SSSR count). The van der Waals surface area contributed by atoms with Gasteiger partial charge < -0.3 is 10.2 Å². The topological polar surface area (TPSA) is 69.7 Å². The third-order valence-electron chi connectivity index (χ3n) is 3.89. The maximum atomic E-state index is 11.9. The number of benzene rings is 1. The second kappa shape index (κ2) is 8.10. The van der Waals surface area contributed by atoms with Crippen LogP contribution in [-0.4, -0.2) is 62.5 Å². The third kappa shape index (κ3) is 5.76. The van der Waals surface area contributed by atoms with Crippen LogP contribution in [0, 0.1) is 0 Å². The van der Waals surface area contributed by atoms with Crippen LogP contribution in [0.15, 0.2) is 24.3 Å². The smallest absolute Gasteiger partial charge is 0.221 e. The van der Waals surface area contributed by atoms with Crippen LogP contribution in [0.1, 0.15) is 12.0 Å². The second-order valence-corrected chi connectivity index (χ2v) is 8.01. The molecule has 128 valence electrons. The number of nitrogens with one attached hydrogen (secondary N) is 1. The van der Waals surface area contributed by atoms with Gasteiger partial charge in [0, 0.05) is 50.7 Å². The lowest BCUT2D eigenvalue weighted by atomic mass is 10.2. The van der Waals surface area contributed by atoms with Crippen LogP contribution < -0.4 is 5.32 Å². The van der Waals surface area contributed by atoms with Crippen molar-refractivity contribution in [2.75, 3.05) is 39.0 Å². The van der Waals surface area contributed by atoms with Crippen molar-refractivity contribution in [3.05, 3.63) is 34.9 Å². The Morgan fingerprint density at radius 3 is 2.48 bits per heavy atom. The molecule has 1 aromatic carbocycles. The maximum Gasteiger partial charge on any atom is 0.221 e. The van der Waals surface area contributed by atoms with E-state index < -0.39 is 10.0 Å². The Bertz CT molecular complexity index is 643. The van der Waals surface area contributed by atoms with Crippen molar-refractivity contribution in [1.29, 1.82) is 0 Å². The van der Waals surface area contributed by atoms with Gasteiger partial charge in [-0.2, -0.15) is 4.31 Å². The van der Waals surface area contributed by atoms with E-state index in [-0.39, 0.29) is 5.91 Å². The molecular weight excluding hydrogens is 338 g/mol. The van der Waals surface area contributed by atoms with Gasteiger partial charge in [0.1, 0.15) is 0 Å². The summed E-state index contributed by atoms with van der Waals surface area (Å²) >= 11 is 6.04. The quantitative estimate of drug-likeness (QED) is 0.820. The molecule has 1 saturated heterocycles. The lowest BCUT2D eigenvalue weighted by Crippen LogP contribution is -2.48. The van der Waals surface area contributed by atoms with Gasteiger partial charge in [-0.25, -0.2) is 8.42 Å². The number of piperazine rings is 1. The molecule has 0 saturated carbocycles. The molecule has 0 spiro atoms. The molecule has 0 aliphatic carbocycles. The van der Waals surface area contributed by atoms with E-state index in [9.17, 15) is 13.2 Å². The van der Waals surface area contributed by atoms with Gasteiger partial charge >= 0.3 is 0 Å². The zero-order chi connectivity index (χ0) is 16.9. The van der Waals surface area contributed by atoms with Crippen LogP contribution >= 0.6 is 11.6 Å². The molecule has 0 atom stereocenters. The molecule has 23 heavy (non-hydrogen) atoms. The van der Waals surface area contributed by atoms with Crippen molar-refractivity contribution < 1.29 is 13.2 Å². The second-order valence-electron chi connectivity index (χ2n) is 5.62. The van der Waals surface area contributed by atoms with Crippen LogP contribution in [0.5, 0.6) is 0 Å². The fraction of sp³-hybridized carbons (Fsp3) is 0.533. The fourth-order valence-corrected chi connectivity index (χ4v) is 3.50. The standard InChI is InChI=1S/C15H22ClN3O3S/c1-23(21,22)19-10-8-18(9-11-19)7-6-15(20)17-12-13-4-2-3-5-14(13)16/h2-5H,6-12H2,1H3,(H,17,20). The van der Waals surface area contributed by atoms with E-state index in [1.165, 1.54) is 10.6 Å². The Morgan fingerprint density at radius 1 is 1.22 bits per heavy atom. The predicted molar refractivity (Wildman–Crippen MR) is 90.8 cm³/mol. The summed E-state index contributed by atoms with van der Waals surface area (Å²) in [6.07, 6.45) is 1.62. The van der Waals surface area contributed by atoms with Crippen molar-refractivity contribution in [3.63, 3.8) is 0 Å². The summed E-state index contributed by atoms with van der Waals surface area (Å²) in [5, 5.41) is 3.50. The first-order chi connectivity index (χ1) is 10.9. The Morgan fingerprint density at radius 2 is 1.87 bits per heavy atom. The highest BCUT2D eigenvalue weighted by Crippen LogP contribution is 2.14. The summed E-state index contributed by atoms with van der Waals surface area (Å²) in [7, 11) is -3.11. The number of rotatable bonds is 6. The largest absolute Gasteiger partial charge is 0.352 e. The van der Waals surface area contributed by atoms with Gasteiger partial charge in [-0.3, -0.25) is 4.79 Å². The summed E-state index contributed by atoms with van der Waals surface area (Å²) in [6.45, 7) is 3.34. The molecule has 1 amide bonds. The molecule has 1 N–H and O–H groups in total. The number of nitrogens with zero attached hydrogens (tertiary/aromatic N) is 2. The van der Waals surface area contributed by atoms with Gasteiger partial charge in [-0.15, -0.1) is 0 Å². The number of carbonyl (C=O) groups excluding carboxylic acids is 1. The first-order valence-corrected chi connectivity index (χ1v) is 9.76. The molecule has 0 radical (unpaired) electrons.